The lowest BCUT2D eigenvalue weighted by Gasteiger charge is -2.17. The van der Waals surface area contributed by atoms with Crippen molar-refractivity contribution in [3.63, 3.8) is 0 Å². The van der Waals surface area contributed by atoms with Crippen molar-refractivity contribution in [2.45, 2.75) is 13.0 Å². The van der Waals surface area contributed by atoms with E-state index >= 15 is 0 Å². The van der Waals surface area contributed by atoms with Gasteiger partial charge in [-0.25, -0.2) is 0 Å². The van der Waals surface area contributed by atoms with E-state index < -0.39 is 0 Å². The molecule has 1 aromatic rings. The van der Waals surface area contributed by atoms with Gasteiger partial charge in [-0.05, 0) is 47.6 Å². The fraction of sp³-hybridized carbons (Fsp3) is 0.600. The molecule has 78 valence electrons. The summed E-state index contributed by atoms with van der Waals surface area (Å²) in [5.74, 6) is 0. The molecule has 1 fully saturated rings. The van der Waals surface area contributed by atoms with Gasteiger partial charge in [-0.15, -0.1) is 11.3 Å². The predicted octanol–water partition coefficient (Wildman–Crippen LogP) is 2.31. The highest BCUT2D eigenvalue weighted by Crippen LogP contribution is 2.23. The maximum absolute atomic E-state index is 3.50. The molecule has 0 aliphatic carbocycles. The van der Waals surface area contributed by atoms with Crippen molar-refractivity contribution in [2.24, 2.45) is 0 Å². The number of rotatable bonds is 2. The van der Waals surface area contributed by atoms with Gasteiger partial charge in [0.1, 0.15) is 0 Å². The zero-order valence-corrected chi connectivity index (χ0v) is 10.5. The van der Waals surface area contributed by atoms with E-state index in [-0.39, 0.29) is 0 Å². The largest absolute Gasteiger partial charge is 0.315 e. The normalized spacial score (nSPS) is 19.5. The summed E-state index contributed by atoms with van der Waals surface area (Å²) in [6, 6.07) is 4.35. The topological polar surface area (TPSA) is 15.3 Å². The zero-order chi connectivity index (χ0) is 9.80. The van der Waals surface area contributed by atoms with E-state index in [9.17, 15) is 0 Å². The third-order valence-corrected chi connectivity index (χ3v) is 4.05. The van der Waals surface area contributed by atoms with Crippen molar-refractivity contribution in [3.8, 4) is 0 Å². The van der Waals surface area contributed by atoms with Crippen molar-refractivity contribution >= 4 is 27.3 Å². The summed E-state index contributed by atoms with van der Waals surface area (Å²) in [6.07, 6.45) is 1.27. The monoisotopic (exact) mass is 274 g/mol. The van der Waals surface area contributed by atoms with Crippen molar-refractivity contribution in [1.82, 2.24) is 10.2 Å². The van der Waals surface area contributed by atoms with E-state index in [1.807, 2.05) is 11.3 Å². The van der Waals surface area contributed by atoms with Crippen LogP contribution in [0.15, 0.2) is 15.9 Å². The molecular weight excluding hydrogens is 260 g/mol. The highest BCUT2D eigenvalue weighted by Gasteiger charge is 2.09. The SMILES string of the molecule is Brc1ccc(CN2CCCNCC2)s1. The molecule has 2 heterocycles. The van der Waals surface area contributed by atoms with Gasteiger partial charge in [0.2, 0.25) is 0 Å². The first kappa shape index (κ1) is 10.6. The Bertz CT molecular complexity index is 279. The van der Waals surface area contributed by atoms with Gasteiger partial charge >= 0.3 is 0 Å². The molecule has 0 amide bonds. The first-order chi connectivity index (χ1) is 6.84. The number of halogens is 1. The Morgan fingerprint density at radius 2 is 2.29 bits per heavy atom. The van der Waals surface area contributed by atoms with Gasteiger partial charge in [-0.1, -0.05) is 0 Å². The summed E-state index contributed by atoms with van der Waals surface area (Å²) in [4.78, 5) is 3.98. The summed E-state index contributed by atoms with van der Waals surface area (Å²) in [5, 5.41) is 3.42. The molecule has 0 radical (unpaired) electrons. The minimum atomic E-state index is 1.11. The molecule has 4 heteroatoms. The predicted molar refractivity (Wildman–Crippen MR) is 64.8 cm³/mol. The highest BCUT2D eigenvalue weighted by atomic mass is 79.9. The van der Waals surface area contributed by atoms with E-state index in [0.29, 0.717) is 0 Å². The van der Waals surface area contributed by atoms with Crippen LogP contribution in [0.4, 0.5) is 0 Å². The molecule has 0 unspecified atom stereocenters. The Kier molecular flexibility index (Phi) is 3.99. The summed E-state index contributed by atoms with van der Waals surface area (Å²) in [5.41, 5.74) is 0. The van der Waals surface area contributed by atoms with Gasteiger partial charge in [0.25, 0.3) is 0 Å². The Morgan fingerprint density at radius 1 is 1.36 bits per heavy atom. The number of nitrogens with one attached hydrogen (secondary N) is 1. The Hall–Kier alpha value is 0.1000. The van der Waals surface area contributed by atoms with E-state index in [1.165, 1.54) is 34.7 Å². The molecule has 0 saturated carbocycles. The smallest absolute Gasteiger partial charge is 0.0701 e. The standard InChI is InChI=1S/C10H15BrN2S/c11-10-3-2-9(14-10)8-13-6-1-4-12-5-7-13/h2-3,12H,1,4-8H2. The number of thiophene rings is 1. The molecule has 2 rings (SSSR count). The molecule has 0 spiro atoms. The molecule has 1 N–H and O–H groups in total. The number of nitrogens with zero attached hydrogens (tertiary/aromatic N) is 1. The van der Waals surface area contributed by atoms with Gasteiger partial charge < -0.3 is 5.32 Å². The molecule has 2 nitrogen and oxygen atoms in total. The van der Waals surface area contributed by atoms with Crippen LogP contribution in [0, 0.1) is 0 Å². The van der Waals surface area contributed by atoms with Crippen molar-refractivity contribution in [2.75, 3.05) is 26.2 Å². The van der Waals surface area contributed by atoms with Crippen LogP contribution < -0.4 is 5.32 Å². The Labute approximate surface area is 97.4 Å². The lowest BCUT2D eigenvalue weighted by molar-refractivity contribution is 0.287. The van der Waals surface area contributed by atoms with Gasteiger partial charge in [-0.3, -0.25) is 4.90 Å². The van der Waals surface area contributed by atoms with Crippen LogP contribution in [-0.4, -0.2) is 31.1 Å². The molecule has 1 aliphatic rings. The van der Waals surface area contributed by atoms with E-state index in [4.69, 9.17) is 0 Å². The minimum absolute atomic E-state index is 1.11. The van der Waals surface area contributed by atoms with Crippen molar-refractivity contribution in [3.05, 3.63) is 20.8 Å². The second-order valence-corrected chi connectivity index (χ2v) is 6.13. The van der Waals surface area contributed by atoms with Gasteiger partial charge in [0.05, 0.1) is 3.79 Å². The molecule has 1 aromatic heterocycles. The molecule has 1 aliphatic heterocycles. The van der Waals surface area contributed by atoms with E-state index in [1.54, 1.807) is 0 Å². The van der Waals surface area contributed by atoms with Crippen LogP contribution in [0.3, 0.4) is 0 Å². The van der Waals surface area contributed by atoms with Crippen molar-refractivity contribution in [1.29, 1.82) is 0 Å². The van der Waals surface area contributed by atoms with Crippen LogP contribution >= 0.6 is 27.3 Å². The maximum atomic E-state index is 3.50. The average Bonchev–Trinajstić information content (AvgIpc) is 2.43. The molecule has 0 bridgehead atoms. The fourth-order valence-electron chi connectivity index (χ4n) is 1.72. The lowest BCUT2D eigenvalue weighted by Crippen LogP contribution is -2.27. The molecule has 1 saturated heterocycles. The van der Waals surface area contributed by atoms with Crippen LogP contribution in [-0.2, 0) is 6.54 Å². The summed E-state index contributed by atoms with van der Waals surface area (Å²) in [7, 11) is 0. The average molecular weight is 275 g/mol. The van der Waals surface area contributed by atoms with Crippen LogP contribution in [0.5, 0.6) is 0 Å². The van der Waals surface area contributed by atoms with Crippen LogP contribution in [0.25, 0.3) is 0 Å². The Morgan fingerprint density at radius 3 is 3.07 bits per heavy atom. The summed E-state index contributed by atoms with van der Waals surface area (Å²) in [6.45, 7) is 5.81. The zero-order valence-electron chi connectivity index (χ0n) is 8.13. The molecule has 0 atom stereocenters. The van der Waals surface area contributed by atoms with Crippen LogP contribution in [0.2, 0.25) is 0 Å². The first-order valence-corrected chi connectivity index (χ1v) is 6.63. The maximum Gasteiger partial charge on any atom is 0.0701 e. The minimum Gasteiger partial charge on any atom is -0.315 e. The van der Waals surface area contributed by atoms with Gasteiger partial charge in [0.15, 0.2) is 0 Å². The first-order valence-electron chi connectivity index (χ1n) is 5.02. The molecular formula is C10H15BrN2S. The Balaban J connectivity index is 1.89. The summed E-state index contributed by atoms with van der Waals surface area (Å²) < 4.78 is 1.24. The van der Waals surface area contributed by atoms with Crippen LogP contribution in [0.1, 0.15) is 11.3 Å². The second-order valence-electron chi connectivity index (χ2n) is 3.59. The quantitative estimate of drug-likeness (QED) is 0.891. The summed E-state index contributed by atoms with van der Waals surface area (Å²) >= 11 is 5.34. The molecule has 0 aromatic carbocycles. The lowest BCUT2D eigenvalue weighted by atomic mass is 10.3. The second kappa shape index (κ2) is 5.26. The number of hydrogen-bond acceptors (Lipinski definition) is 3. The highest BCUT2D eigenvalue weighted by molar-refractivity contribution is 9.11. The van der Waals surface area contributed by atoms with E-state index in [0.717, 1.165) is 13.1 Å². The van der Waals surface area contributed by atoms with Gasteiger partial charge in [0, 0.05) is 24.5 Å². The molecule has 14 heavy (non-hydrogen) atoms. The van der Waals surface area contributed by atoms with Crippen molar-refractivity contribution < 1.29 is 0 Å². The third-order valence-electron chi connectivity index (χ3n) is 2.44. The van der Waals surface area contributed by atoms with E-state index in [2.05, 4.69) is 38.3 Å². The number of hydrogen-bond donors (Lipinski definition) is 1. The third kappa shape index (κ3) is 3.05. The fourth-order valence-corrected chi connectivity index (χ4v) is 3.24. The van der Waals surface area contributed by atoms with Gasteiger partial charge in [-0.2, -0.15) is 0 Å².